The van der Waals surface area contributed by atoms with Crippen molar-refractivity contribution < 1.29 is 4.74 Å². The average molecular weight is 276 g/mol. The minimum Gasteiger partial charge on any atom is -0.381 e. The molecule has 1 fully saturated rings. The molecule has 1 aromatic rings. The van der Waals surface area contributed by atoms with E-state index < -0.39 is 0 Å². The Morgan fingerprint density at radius 2 is 2.30 bits per heavy atom. The van der Waals surface area contributed by atoms with Gasteiger partial charge >= 0.3 is 0 Å². The van der Waals surface area contributed by atoms with Gasteiger partial charge in [-0.05, 0) is 18.6 Å². The van der Waals surface area contributed by atoms with Crippen LogP contribution < -0.4 is 10.6 Å². The van der Waals surface area contributed by atoms with Gasteiger partial charge in [0.15, 0.2) is 5.96 Å². The maximum absolute atomic E-state index is 5.47. The normalized spacial score (nSPS) is 24.9. The lowest BCUT2D eigenvalue weighted by Gasteiger charge is -2.51. The Bertz CT molecular complexity index is 458. The molecule has 1 heterocycles. The van der Waals surface area contributed by atoms with Crippen molar-refractivity contribution in [1.82, 2.24) is 15.6 Å². The third kappa shape index (κ3) is 3.10. The van der Waals surface area contributed by atoms with Crippen LogP contribution in [0.15, 0.2) is 29.4 Å². The quantitative estimate of drug-likeness (QED) is 0.647. The van der Waals surface area contributed by atoms with Crippen LogP contribution in [0.25, 0.3) is 0 Å². The van der Waals surface area contributed by atoms with Crippen LogP contribution in [0.5, 0.6) is 0 Å². The summed E-state index contributed by atoms with van der Waals surface area (Å²) in [5.74, 6) is 0.809. The molecule has 0 aliphatic heterocycles. The first kappa shape index (κ1) is 14.8. The monoisotopic (exact) mass is 276 g/mol. The number of hydrogen-bond donors (Lipinski definition) is 2. The van der Waals surface area contributed by atoms with Crippen molar-refractivity contribution in [2.45, 2.75) is 39.0 Å². The maximum atomic E-state index is 5.47. The van der Waals surface area contributed by atoms with E-state index in [4.69, 9.17) is 4.74 Å². The molecular formula is C15H24N4O. The van der Waals surface area contributed by atoms with E-state index in [1.54, 1.807) is 20.4 Å². The van der Waals surface area contributed by atoms with Crippen LogP contribution in [0.3, 0.4) is 0 Å². The van der Waals surface area contributed by atoms with E-state index in [0.29, 0.717) is 18.7 Å². The maximum Gasteiger partial charge on any atom is 0.191 e. The molecule has 5 nitrogen and oxygen atoms in total. The molecular weight excluding hydrogens is 252 g/mol. The highest BCUT2D eigenvalue weighted by Gasteiger charge is 2.48. The van der Waals surface area contributed by atoms with E-state index in [9.17, 15) is 0 Å². The molecule has 1 aliphatic rings. The van der Waals surface area contributed by atoms with Gasteiger partial charge in [0.2, 0.25) is 0 Å². The smallest absolute Gasteiger partial charge is 0.191 e. The van der Waals surface area contributed by atoms with Crippen molar-refractivity contribution in [2.75, 3.05) is 14.2 Å². The Labute approximate surface area is 120 Å². The molecule has 1 saturated carbocycles. The Morgan fingerprint density at radius 1 is 1.50 bits per heavy atom. The van der Waals surface area contributed by atoms with Crippen LogP contribution in [0.2, 0.25) is 0 Å². The molecule has 0 spiro atoms. The second-order valence-electron chi connectivity index (χ2n) is 5.73. The van der Waals surface area contributed by atoms with Gasteiger partial charge in [-0.1, -0.05) is 19.9 Å². The van der Waals surface area contributed by atoms with Crippen LogP contribution in [-0.2, 0) is 11.3 Å². The standard InChI is InChI=1S/C15H24N4O/c1-15(2)12(9-13(15)20-4)19-14(16-3)18-10-11-7-5-6-8-17-11/h5-8,12-13H,9-10H2,1-4H3,(H2,16,18,19). The summed E-state index contributed by atoms with van der Waals surface area (Å²) in [5.41, 5.74) is 1.12. The highest BCUT2D eigenvalue weighted by molar-refractivity contribution is 5.80. The second-order valence-corrected chi connectivity index (χ2v) is 5.73. The number of nitrogens with one attached hydrogen (secondary N) is 2. The van der Waals surface area contributed by atoms with E-state index in [1.807, 2.05) is 18.2 Å². The molecule has 20 heavy (non-hydrogen) atoms. The fourth-order valence-corrected chi connectivity index (χ4v) is 2.57. The fourth-order valence-electron chi connectivity index (χ4n) is 2.57. The van der Waals surface area contributed by atoms with Gasteiger partial charge in [0.1, 0.15) is 0 Å². The Kier molecular flexibility index (Phi) is 4.60. The van der Waals surface area contributed by atoms with E-state index in [0.717, 1.165) is 18.1 Å². The summed E-state index contributed by atoms with van der Waals surface area (Å²) in [7, 11) is 3.56. The summed E-state index contributed by atoms with van der Waals surface area (Å²) in [6, 6.07) is 6.27. The first-order chi connectivity index (χ1) is 9.57. The minimum absolute atomic E-state index is 0.122. The zero-order chi connectivity index (χ0) is 14.6. The summed E-state index contributed by atoms with van der Waals surface area (Å²) in [6.45, 7) is 5.10. The summed E-state index contributed by atoms with van der Waals surface area (Å²) in [5, 5.41) is 6.75. The third-order valence-corrected chi connectivity index (χ3v) is 4.16. The largest absolute Gasteiger partial charge is 0.381 e. The van der Waals surface area contributed by atoms with Crippen molar-refractivity contribution in [3.63, 3.8) is 0 Å². The third-order valence-electron chi connectivity index (χ3n) is 4.16. The summed E-state index contributed by atoms with van der Waals surface area (Å²) < 4.78 is 5.47. The number of guanidine groups is 1. The summed E-state index contributed by atoms with van der Waals surface area (Å²) in [4.78, 5) is 8.55. The Balaban J connectivity index is 1.85. The molecule has 0 aromatic carbocycles. The van der Waals surface area contributed by atoms with E-state index in [1.165, 1.54) is 0 Å². The number of aliphatic imine (C=N–C) groups is 1. The van der Waals surface area contributed by atoms with Crippen molar-refractivity contribution >= 4 is 5.96 Å². The van der Waals surface area contributed by atoms with Crippen molar-refractivity contribution in [1.29, 1.82) is 0 Å². The van der Waals surface area contributed by atoms with Gasteiger partial charge in [0, 0.05) is 31.8 Å². The Morgan fingerprint density at radius 3 is 2.85 bits per heavy atom. The lowest BCUT2D eigenvalue weighted by molar-refractivity contribution is -0.0922. The number of ether oxygens (including phenoxy) is 1. The van der Waals surface area contributed by atoms with Crippen molar-refractivity contribution in [2.24, 2.45) is 10.4 Å². The van der Waals surface area contributed by atoms with E-state index in [2.05, 4.69) is 34.5 Å². The number of rotatable bonds is 4. The van der Waals surface area contributed by atoms with Crippen LogP contribution in [-0.4, -0.2) is 37.2 Å². The average Bonchev–Trinajstić information content (AvgIpc) is 2.47. The predicted octanol–water partition coefficient (Wildman–Crippen LogP) is 1.56. The summed E-state index contributed by atoms with van der Waals surface area (Å²) >= 11 is 0. The van der Waals surface area contributed by atoms with Crippen LogP contribution >= 0.6 is 0 Å². The first-order valence-corrected chi connectivity index (χ1v) is 6.97. The van der Waals surface area contributed by atoms with Crippen LogP contribution in [0.1, 0.15) is 26.0 Å². The molecule has 2 N–H and O–H groups in total. The molecule has 0 saturated heterocycles. The number of hydrogen-bond acceptors (Lipinski definition) is 3. The zero-order valence-corrected chi connectivity index (χ0v) is 12.7. The van der Waals surface area contributed by atoms with Crippen molar-refractivity contribution in [3.05, 3.63) is 30.1 Å². The molecule has 0 radical (unpaired) electrons. The minimum atomic E-state index is 0.122. The topological polar surface area (TPSA) is 58.5 Å². The predicted molar refractivity (Wildman–Crippen MR) is 80.6 cm³/mol. The lowest BCUT2D eigenvalue weighted by Crippen LogP contribution is -2.63. The number of pyridine rings is 1. The van der Waals surface area contributed by atoms with Gasteiger partial charge < -0.3 is 15.4 Å². The van der Waals surface area contributed by atoms with Gasteiger partial charge in [-0.3, -0.25) is 9.98 Å². The van der Waals surface area contributed by atoms with Crippen molar-refractivity contribution in [3.8, 4) is 0 Å². The highest BCUT2D eigenvalue weighted by atomic mass is 16.5. The number of methoxy groups -OCH3 is 1. The van der Waals surface area contributed by atoms with Gasteiger partial charge in [-0.15, -0.1) is 0 Å². The summed E-state index contributed by atoms with van der Waals surface area (Å²) in [6.07, 6.45) is 3.12. The molecule has 1 aliphatic carbocycles. The first-order valence-electron chi connectivity index (χ1n) is 6.97. The van der Waals surface area contributed by atoms with Gasteiger partial charge in [0.25, 0.3) is 0 Å². The Hall–Kier alpha value is -1.62. The molecule has 110 valence electrons. The van der Waals surface area contributed by atoms with E-state index in [-0.39, 0.29) is 5.41 Å². The molecule has 0 amide bonds. The van der Waals surface area contributed by atoms with Gasteiger partial charge in [-0.2, -0.15) is 0 Å². The van der Waals surface area contributed by atoms with E-state index >= 15 is 0 Å². The molecule has 1 aromatic heterocycles. The fraction of sp³-hybridized carbons (Fsp3) is 0.600. The van der Waals surface area contributed by atoms with Gasteiger partial charge in [-0.25, -0.2) is 0 Å². The highest BCUT2D eigenvalue weighted by Crippen LogP contribution is 2.42. The molecule has 2 atom stereocenters. The number of aromatic nitrogens is 1. The molecule has 2 rings (SSSR count). The van der Waals surface area contributed by atoms with Crippen LogP contribution in [0.4, 0.5) is 0 Å². The zero-order valence-electron chi connectivity index (χ0n) is 12.7. The molecule has 0 bridgehead atoms. The van der Waals surface area contributed by atoms with Crippen LogP contribution in [0, 0.1) is 5.41 Å². The SMILES string of the molecule is CN=C(NCc1ccccn1)NC1CC(OC)C1(C)C. The number of nitrogens with zero attached hydrogens (tertiary/aromatic N) is 2. The van der Waals surface area contributed by atoms with Gasteiger partial charge in [0.05, 0.1) is 18.3 Å². The molecule has 2 unspecified atom stereocenters. The lowest BCUT2D eigenvalue weighted by atomic mass is 9.64. The second kappa shape index (κ2) is 6.22. The molecule has 5 heteroatoms.